The molecule has 2 amide bonds. The maximum absolute atomic E-state index is 12.8. The highest BCUT2D eigenvalue weighted by molar-refractivity contribution is 7.21. The van der Waals surface area contributed by atoms with Gasteiger partial charge in [-0.15, -0.1) is 11.3 Å². The van der Waals surface area contributed by atoms with Crippen LogP contribution in [0, 0.1) is 0 Å². The third kappa shape index (κ3) is 11.3. The summed E-state index contributed by atoms with van der Waals surface area (Å²) in [5.74, 6) is -0.872. The highest BCUT2D eigenvalue weighted by atomic mass is 35.5. The molecule has 1 aromatic heterocycles. The monoisotopic (exact) mass is 597 g/mol. The van der Waals surface area contributed by atoms with Crippen molar-refractivity contribution in [2.75, 3.05) is 6.54 Å². The molecule has 1 heterocycles. The zero-order chi connectivity index (χ0) is 29.3. The van der Waals surface area contributed by atoms with Crippen molar-refractivity contribution in [3.05, 3.63) is 64.0 Å². The Kier molecular flexibility index (Phi) is 14.4. The van der Waals surface area contributed by atoms with Crippen molar-refractivity contribution < 1.29 is 19.1 Å². The molecule has 220 valence electrons. The van der Waals surface area contributed by atoms with Crippen LogP contribution in [0.25, 0.3) is 10.1 Å². The minimum atomic E-state index is -0.568. The molecule has 0 radical (unpaired) electrons. The number of ether oxygens (including phenoxy) is 1. The number of thiophene rings is 1. The third-order valence-electron chi connectivity index (χ3n) is 6.69. The summed E-state index contributed by atoms with van der Waals surface area (Å²) in [6.45, 7) is 2.08. The number of benzene rings is 2. The largest absolute Gasteiger partial charge is 0.422 e. The summed E-state index contributed by atoms with van der Waals surface area (Å²) >= 11 is 7.68. The molecule has 0 bridgehead atoms. The number of hydrazone groups is 1. The van der Waals surface area contributed by atoms with Gasteiger partial charge < -0.3 is 10.1 Å². The van der Waals surface area contributed by atoms with Crippen LogP contribution in [0.1, 0.15) is 99.2 Å². The predicted molar refractivity (Wildman–Crippen MR) is 168 cm³/mol. The van der Waals surface area contributed by atoms with Crippen LogP contribution in [0.5, 0.6) is 5.75 Å². The number of unbranched alkanes of at least 4 members (excludes halogenated alkanes) is 10. The quantitative estimate of drug-likeness (QED) is 0.0510. The Balaban J connectivity index is 1.33. The summed E-state index contributed by atoms with van der Waals surface area (Å²) in [5, 5.41) is 7.75. The van der Waals surface area contributed by atoms with E-state index >= 15 is 0 Å². The number of amides is 2. The molecule has 7 nitrogen and oxygen atoms in total. The van der Waals surface area contributed by atoms with Crippen molar-refractivity contribution in [3.8, 4) is 5.75 Å². The van der Waals surface area contributed by atoms with Gasteiger partial charge in [-0.3, -0.25) is 9.59 Å². The first-order chi connectivity index (χ1) is 20.0. The number of carbonyl (C=O) groups is 3. The van der Waals surface area contributed by atoms with Gasteiger partial charge >= 0.3 is 5.97 Å². The Hall–Kier alpha value is -3.23. The predicted octanol–water partition coefficient (Wildman–Crippen LogP) is 8.04. The van der Waals surface area contributed by atoms with Crippen LogP contribution in [0.3, 0.4) is 0 Å². The van der Waals surface area contributed by atoms with Crippen molar-refractivity contribution in [3.63, 3.8) is 0 Å². The van der Waals surface area contributed by atoms with E-state index in [-0.39, 0.29) is 18.2 Å². The van der Waals surface area contributed by atoms with E-state index in [4.69, 9.17) is 16.3 Å². The minimum absolute atomic E-state index is 0.141. The summed E-state index contributed by atoms with van der Waals surface area (Å²) < 4.78 is 6.49. The van der Waals surface area contributed by atoms with Crippen LogP contribution < -0.4 is 15.5 Å². The summed E-state index contributed by atoms with van der Waals surface area (Å²) in [6.07, 6.45) is 15.2. The molecule has 0 aliphatic carbocycles. The smallest absolute Gasteiger partial charge is 0.355 e. The molecule has 0 unspecified atom stereocenters. The van der Waals surface area contributed by atoms with E-state index in [0.717, 1.165) is 29.3 Å². The van der Waals surface area contributed by atoms with Gasteiger partial charge in [-0.1, -0.05) is 113 Å². The summed E-state index contributed by atoms with van der Waals surface area (Å²) in [7, 11) is 0. The second-order valence-corrected chi connectivity index (χ2v) is 11.5. The first kappa shape index (κ1) is 32.3. The Morgan fingerprint density at radius 2 is 1.49 bits per heavy atom. The lowest BCUT2D eigenvalue weighted by atomic mass is 10.1. The molecular weight excluding hydrogens is 558 g/mol. The Morgan fingerprint density at radius 3 is 2.20 bits per heavy atom. The molecule has 0 saturated heterocycles. The molecule has 0 spiro atoms. The standard InChI is InChI=1S/C32H40ClN3O4S/c1-2-3-4-5-6-7-8-9-10-11-12-21-28(37)34-23-29(38)36-35-22-24-17-13-15-19-26(24)40-32(39)31-30(33)25-18-14-16-20-27(25)41-31/h13-20,22H,2-12,21,23H2,1H3,(H,34,37)(H,36,38). The maximum Gasteiger partial charge on any atom is 0.355 e. The fourth-order valence-corrected chi connectivity index (χ4v) is 5.79. The van der Waals surface area contributed by atoms with Gasteiger partial charge in [0, 0.05) is 22.1 Å². The first-order valence-corrected chi connectivity index (χ1v) is 15.8. The number of hydrogen-bond acceptors (Lipinski definition) is 6. The van der Waals surface area contributed by atoms with Gasteiger partial charge in [0.15, 0.2) is 0 Å². The van der Waals surface area contributed by atoms with Crippen LogP contribution >= 0.6 is 22.9 Å². The van der Waals surface area contributed by atoms with E-state index < -0.39 is 11.9 Å². The zero-order valence-corrected chi connectivity index (χ0v) is 25.3. The Morgan fingerprint density at radius 1 is 0.854 bits per heavy atom. The number of para-hydroxylation sites is 1. The molecule has 0 fully saturated rings. The van der Waals surface area contributed by atoms with Gasteiger partial charge in [-0.05, 0) is 24.6 Å². The number of carbonyl (C=O) groups excluding carboxylic acids is 3. The lowest BCUT2D eigenvalue weighted by Crippen LogP contribution is -2.34. The number of nitrogens with one attached hydrogen (secondary N) is 2. The molecule has 3 rings (SSSR count). The summed E-state index contributed by atoms with van der Waals surface area (Å²) in [4.78, 5) is 37.3. The molecular formula is C32H40ClN3O4S. The van der Waals surface area contributed by atoms with Gasteiger partial charge in [-0.2, -0.15) is 5.10 Å². The van der Waals surface area contributed by atoms with E-state index in [2.05, 4.69) is 22.8 Å². The third-order valence-corrected chi connectivity index (χ3v) is 8.34. The first-order valence-electron chi connectivity index (χ1n) is 14.6. The van der Waals surface area contributed by atoms with Crippen LogP contribution in [-0.4, -0.2) is 30.5 Å². The van der Waals surface area contributed by atoms with Crippen molar-refractivity contribution in [1.82, 2.24) is 10.7 Å². The highest BCUT2D eigenvalue weighted by Gasteiger charge is 2.19. The topological polar surface area (TPSA) is 96.9 Å². The maximum atomic E-state index is 12.8. The number of esters is 1. The molecule has 2 N–H and O–H groups in total. The molecule has 41 heavy (non-hydrogen) atoms. The van der Waals surface area contributed by atoms with Gasteiger partial charge in [0.05, 0.1) is 17.8 Å². The number of fused-ring (bicyclic) bond motifs is 1. The zero-order valence-electron chi connectivity index (χ0n) is 23.8. The minimum Gasteiger partial charge on any atom is -0.422 e. The Bertz CT molecular complexity index is 1310. The van der Waals surface area contributed by atoms with Crippen molar-refractivity contribution in [2.45, 2.75) is 84.0 Å². The number of halogens is 1. The van der Waals surface area contributed by atoms with E-state index in [1.807, 2.05) is 24.3 Å². The lowest BCUT2D eigenvalue weighted by molar-refractivity contribution is -0.126. The molecule has 9 heteroatoms. The average molecular weight is 598 g/mol. The summed E-state index contributed by atoms with van der Waals surface area (Å²) in [6, 6.07) is 14.3. The normalized spacial score (nSPS) is 11.2. The number of nitrogens with zero attached hydrogens (tertiary/aromatic N) is 1. The van der Waals surface area contributed by atoms with E-state index in [0.29, 0.717) is 21.9 Å². The number of rotatable bonds is 18. The van der Waals surface area contributed by atoms with Crippen LogP contribution in [-0.2, 0) is 9.59 Å². The van der Waals surface area contributed by atoms with Gasteiger partial charge in [-0.25, -0.2) is 10.2 Å². The van der Waals surface area contributed by atoms with Crippen LogP contribution in [0.15, 0.2) is 53.6 Å². The molecule has 0 aliphatic heterocycles. The van der Waals surface area contributed by atoms with Crippen molar-refractivity contribution in [1.29, 1.82) is 0 Å². The van der Waals surface area contributed by atoms with Gasteiger partial charge in [0.2, 0.25) is 5.91 Å². The molecule has 0 saturated carbocycles. The fraction of sp³-hybridized carbons (Fsp3) is 0.438. The van der Waals surface area contributed by atoms with E-state index in [1.54, 1.807) is 24.3 Å². The van der Waals surface area contributed by atoms with Crippen molar-refractivity contribution in [2.24, 2.45) is 5.10 Å². The molecule has 2 aromatic carbocycles. The summed E-state index contributed by atoms with van der Waals surface area (Å²) in [5.41, 5.74) is 2.89. The van der Waals surface area contributed by atoms with Crippen LogP contribution in [0.4, 0.5) is 0 Å². The highest BCUT2D eigenvalue weighted by Crippen LogP contribution is 2.36. The van der Waals surface area contributed by atoms with E-state index in [1.165, 1.54) is 68.9 Å². The van der Waals surface area contributed by atoms with E-state index in [9.17, 15) is 14.4 Å². The SMILES string of the molecule is CCCCCCCCCCCCCC(=O)NCC(=O)NN=Cc1ccccc1OC(=O)c1sc2ccccc2c1Cl. The van der Waals surface area contributed by atoms with Gasteiger partial charge in [0.25, 0.3) is 5.91 Å². The second kappa shape index (κ2) is 18.3. The average Bonchev–Trinajstić information content (AvgIpc) is 3.32. The van der Waals surface area contributed by atoms with Crippen LogP contribution in [0.2, 0.25) is 5.02 Å². The fourth-order valence-electron chi connectivity index (χ4n) is 4.40. The Labute approximate surface area is 251 Å². The van der Waals surface area contributed by atoms with Crippen molar-refractivity contribution >= 4 is 57.0 Å². The molecule has 3 aromatic rings. The molecule has 0 aliphatic rings. The van der Waals surface area contributed by atoms with Gasteiger partial charge in [0.1, 0.15) is 10.6 Å². The lowest BCUT2D eigenvalue weighted by Gasteiger charge is -2.07. The molecule has 0 atom stereocenters. The number of hydrogen-bond donors (Lipinski definition) is 2. The second-order valence-electron chi connectivity index (χ2n) is 10.0.